The van der Waals surface area contributed by atoms with Crippen molar-refractivity contribution in [2.45, 2.75) is 13.0 Å². The number of likely N-dealkylation sites (tertiary alicyclic amines) is 1. The minimum atomic E-state index is 0.983. The molecule has 0 radical (unpaired) electrons. The molecule has 1 aromatic rings. The number of nitrogens with zero attached hydrogens (tertiary/aromatic N) is 2. The fourth-order valence-electron chi connectivity index (χ4n) is 2.18. The zero-order valence-electron chi connectivity index (χ0n) is 7.24. The first-order valence-corrected chi connectivity index (χ1v) is 6.31. The van der Waals surface area contributed by atoms with Gasteiger partial charge in [0.15, 0.2) is 0 Å². The molecule has 0 spiro atoms. The molecular weight excluding hydrogens is 248 g/mol. The van der Waals surface area contributed by atoms with E-state index in [0.29, 0.717) is 0 Å². The summed E-state index contributed by atoms with van der Waals surface area (Å²) < 4.78 is 0.983. The largest absolute Gasteiger partial charge is 0.296 e. The first-order valence-electron chi connectivity index (χ1n) is 4.63. The van der Waals surface area contributed by atoms with E-state index < -0.39 is 0 Å². The molecule has 2 aliphatic rings. The summed E-state index contributed by atoms with van der Waals surface area (Å²) in [5.74, 6) is 2.06. The van der Waals surface area contributed by atoms with Crippen LogP contribution in [0.1, 0.15) is 11.4 Å². The van der Waals surface area contributed by atoms with Crippen molar-refractivity contribution in [3.05, 3.63) is 15.0 Å². The van der Waals surface area contributed by atoms with Crippen LogP contribution in [0.15, 0.2) is 9.98 Å². The number of rotatable bonds is 2. The van der Waals surface area contributed by atoms with Crippen LogP contribution in [0.5, 0.6) is 0 Å². The molecule has 0 bridgehead atoms. The Labute approximate surface area is 90.1 Å². The highest BCUT2D eigenvalue weighted by molar-refractivity contribution is 9.10. The van der Waals surface area contributed by atoms with Crippen LogP contribution < -0.4 is 0 Å². The van der Waals surface area contributed by atoms with Crippen molar-refractivity contribution < 1.29 is 0 Å². The molecule has 4 heteroatoms. The summed E-state index contributed by atoms with van der Waals surface area (Å²) in [7, 11) is 0. The van der Waals surface area contributed by atoms with Crippen LogP contribution in [0.25, 0.3) is 0 Å². The molecule has 1 saturated heterocycles. The minimum absolute atomic E-state index is 0.983. The first-order chi connectivity index (χ1) is 6.31. The average molecular weight is 259 g/mol. The summed E-state index contributed by atoms with van der Waals surface area (Å²) in [5.41, 5.74) is 0. The van der Waals surface area contributed by atoms with Crippen LogP contribution in [-0.4, -0.2) is 23.0 Å². The standard InChI is InChI=1S/C9H11BrN2S/c10-8-5-13-9(11-8)4-12-2-6-1-7(6)3-12/h5-7H,1-4H2/t6-,7+. The molecule has 1 aromatic heterocycles. The van der Waals surface area contributed by atoms with Crippen molar-refractivity contribution in [2.24, 2.45) is 11.8 Å². The Bertz CT molecular complexity index is 315. The number of thiazole rings is 1. The molecule has 3 rings (SSSR count). The maximum Gasteiger partial charge on any atom is 0.117 e. The molecule has 13 heavy (non-hydrogen) atoms. The quantitative estimate of drug-likeness (QED) is 0.810. The normalized spacial score (nSPS) is 32.1. The third-order valence-corrected chi connectivity index (χ3v) is 4.48. The van der Waals surface area contributed by atoms with Crippen molar-refractivity contribution in [1.82, 2.24) is 9.88 Å². The summed E-state index contributed by atoms with van der Waals surface area (Å²) in [6.45, 7) is 3.67. The summed E-state index contributed by atoms with van der Waals surface area (Å²) in [4.78, 5) is 6.94. The summed E-state index contributed by atoms with van der Waals surface area (Å²) in [6, 6.07) is 0. The van der Waals surface area contributed by atoms with E-state index in [9.17, 15) is 0 Å². The lowest BCUT2D eigenvalue weighted by atomic mass is 10.4. The van der Waals surface area contributed by atoms with Crippen molar-refractivity contribution in [1.29, 1.82) is 0 Å². The fraction of sp³-hybridized carbons (Fsp3) is 0.667. The van der Waals surface area contributed by atoms with Crippen LogP contribution in [-0.2, 0) is 6.54 Å². The SMILES string of the molecule is Brc1csc(CN2C[C@H]3C[C@H]3C2)n1. The predicted molar refractivity (Wildman–Crippen MR) is 56.7 cm³/mol. The van der Waals surface area contributed by atoms with Gasteiger partial charge in [-0.05, 0) is 34.2 Å². The second-order valence-electron chi connectivity index (χ2n) is 4.01. The van der Waals surface area contributed by atoms with E-state index in [1.165, 1.54) is 24.5 Å². The van der Waals surface area contributed by atoms with E-state index in [0.717, 1.165) is 23.0 Å². The molecule has 1 saturated carbocycles. The maximum atomic E-state index is 4.41. The molecule has 2 heterocycles. The first kappa shape index (κ1) is 8.38. The van der Waals surface area contributed by atoms with E-state index >= 15 is 0 Å². The maximum absolute atomic E-state index is 4.41. The van der Waals surface area contributed by atoms with Gasteiger partial charge >= 0.3 is 0 Å². The Morgan fingerprint density at radius 1 is 1.54 bits per heavy atom. The molecule has 0 unspecified atom stereocenters. The predicted octanol–water partition coefficient (Wildman–Crippen LogP) is 2.36. The number of hydrogen-bond donors (Lipinski definition) is 0. The second-order valence-corrected chi connectivity index (χ2v) is 5.77. The van der Waals surface area contributed by atoms with E-state index in [-0.39, 0.29) is 0 Å². The van der Waals surface area contributed by atoms with Gasteiger partial charge in [0.1, 0.15) is 9.61 Å². The van der Waals surface area contributed by atoms with E-state index in [1.54, 1.807) is 11.3 Å². The second kappa shape index (κ2) is 3.04. The van der Waals surface area contributed by atoms with Gasteiger partial charge in [-0.15, -0.1) is 11.3 Å². The summed E-state index contributed by atoms with van der Waals surface area (Å²) >= 11 is 5.14. The molecule has 2 fully saturated rings. The molecule has 1 aliphatic heterocycles. The number of hydrogen-bond acceptors (Lipinski definition) is 3. The van der Waals surface area contributed by atoms with Gasteiger partial charge < -0.3 is 0 Å². The Morgan fingerprint density at radius 3 is 2.92 bits per heavy atom. The number of piperidine rings is 1. The highest BCUT2D eigenvalue weighted by atomic mass is 79.9. The van der Waals surface area contributed by atoms with Gasteiger partial charge in [0, 0.05) is 18.5 Å². The zero-order valence-corrected chi connectivity index (χ0v) is 9.64. The lowest BCUT2D eigenvalue weighted by Crippen LogP contribution is -2.21. The van der Waals surface area contributed by atoms with Gasteiger partial charge in [-0.2, -0.15) is 0 Å². The zero-order chi connectivity index (χ0) is 8.84. The highest BCUT2D eigenvalue weighted by Crippen LogP contribution is 2.45. The van der Waals surface area contributed by atoms with E-state index in [2.05, 4.69) is 31.2 Å². The van der Waals surface area contributed by atoms with Crippen LogP contribution >= 0.6 is 27.3 Å². The molecular formula is C9H11BrN2S. The van der Waals surface area contributed by atoms with Crippen molar-refractivity contribution >= 4 is 27.3 Å². The molecule has 2 nitrogen and oxygen atoms in total. The van der Waals surface area contributed by atoms with Crippen molar-refractivity contribution in [2.75, 3.05) is 13.1 Å². The Hall–Kier alpha value is 0.0700. The van der Waals surface area contributed by atoms with Gasteiger partial charge in [-0.25, -0.2) is 4.98 Å². The molecule has 2 atom stereocenters. The fourth-order valence-corrected chi connectivity index (χ4v) is 3.48. The summed E-state index contributed by atoms with van der Waals surface area (Å²) in [6.07, 6.45) is 1.48. The molecule has 1 aliphatic carbocycles. The monoisotopic (exact) mass is 258 g/mol. The Kier molecular flexibility index (Phi) is 1.96. The van der Waals surface area contributed by atoms with Gasteiger partial charge in [0.2, 0.25) is 0 Å². The minimum Gasteiger partial charge on any atom is -0.296 e. The third-order valence-electron chi connectivity index (χ3n) is 2.94. The third kappa shape index (κ3) is 1.67. The molecule has 0 N–H and O–H groups in total. The van der Waals surface area contributed by atoms with Crippen molar-refractivity contribution in [3.8, 4) is 0 Å². The van der Waals surface area contributed by atoms with Gasteiger partial charge in [-0.1, -0.05) is 0 Å². The number of halogens is 1. The Balaban J connectivity index is 1.63. The van der Waals surface area contributed by atoms with Crippen molar-refractivity contribution in [3.63, 3.8) is 0 Å². The topological polar surface area (TPSA) is 16.1 Å². The molecule has 0 amide bonds. The van der Waals surface area contributed by atoms with Crippen LogP contribution in [0.2, 0.25) is 0 Å². The van der Waals surface area contributed by atoms with Gasteiger partial charge in [0.05, 0.1) is 6.54 Å². The molecule has 0 aromatic carbocycles. The lowest BCUT2D eigenvalue weighted by Gasteiger charge is -2.14. The number of aromatic nitrogens is 1. The van der Waals surface area contributed by atoms with Gasteiger partial charge in [0.25, 0.3) is 0 Å². The lowest BCUT2D eigenvalue weighted by molar-refractivity contribution is 0.296. The highest BCUT2D eigenvalue weighted by Gasteiger charge is 2.44. The van der Waals surface area contributed by atoms with Gasteiger partial charge in [-0.3, -0.25) is 4.90 Å². The van der Waals surface area contributed by atoms with Crippen LogP contribution in [0, 0.1) is 11.8 Å². The summed E-state index contributed by atoms with van der Waals surface area (Å²) in [5, 5.41) is 3.31. The van der Waals surface area contributed by atoms with Crippen LogP contribution in [0.4, 0.5) is 0 Å². The smallest absolute Gasteiger partial charge is 0.117 e. The Morgan fingerprint density at radius 2 is 2.31 bits per heavy atom. The average Bonchev–Trinajstić information content (AvgIpc) is 2.55. The van der Waals surface area contributed by atoms with E-state index in [4.69, 9.17) is 0 Å². The van der Waals surface area contributed by atoms with E-state index in [1.807, 2.05) is 0 Å². The molecule has 70 valence electrons. The number of fused-ring (bicyclic) bond motifs is 1. The van der Waals surface area contributed by atoms with Crippen LogP contribution in [0.3, 0.4) is 0 Å².